The van der Waals surface area contributed by atoms with Crippen molar-refractivity contribution in [2.45, 2.75) is 0 Å². The first-order valence-electron chi connectivity index (χ1n) is 5.49. The number of hydrogen-bond donors (Lipinski definition) is 0. The lowest BCUT2D eigenvalue weighted by molar-refractivity contribution is 0.122. The first-order valence-corrected chi connectivity index (χ1v) is 5.87. The number of anilines is 1. The SMILES string of the molecule is N#CC=C(Cl)c1ccc(N2CCOCC2)cc1. The summed E-state index contributed by atoms with van der Waals surface area (Å²) in [6, 6.07) is 9.83. The van der Waals surface area contributed by atoms with Crippen molar-refractivity contribution in [2.75, 3.05) is 31.2 Å². The Balaban J connectivity index is 2.12. The Morgan fingerprint density at radius 2 is 1.94 bits per heavy atom. The molecular weight excluding hydrogens is 236 g/mol. The Labute approximate surface area is 106 Å². The van der Waals surface area contributed by atoms with Gasteiger partial charge < -0.3 is 9.64 Å². The van der Waals surface area contributed by atoms with Gasteiger partial charge in [-0.3, -0.25) is 0 Å². The van der Waals surface area contributed by atoms with E-state index in [1.54, 1.807) is 0 Å². The standard InChI is InChI=1S/C13H13ClN2O/c14-13(5-6-15)11-1-3-12(4-2-11)16-7-9-17-10-8-16/h1-5H,7-10H2. The van der Waals surface area contributed by atoms with Crippen LogP contribution in [0.4, 0.5) is 5.69 Å². The van der Waals surface area contributed by atoms with Crippen LogP contribution < -0.4 is 4.90 Å². The zero-order chi connectivity index (χ0) is 12.1. The molecule has 1 saturated heterocycles. The van der Waals surface area contributed by atoms with Gasteiger partial charge in [-0.05, 0) is 17.7 Å². The van der Waals surface area contributed by atoms with Crippen molar-refractivity contribution in [2.24, 2.45) is 0 Å². The van der Waals surface area contributed by atoms with Crippen LogP contribution in [0.2, 0.25) is 0 Å². The topological polar surface area (TPSA) is 36.3 Å². The van der Waals surface area contributed by atoms with Crippen molar-refractivity contribution in [3.8, 4) is 6.07 Å². The molecular formula is C13H13ClN2O. The van der Waals surface area contributed by atoms with Gasteiger partial charge in [0.15, 0.2) is 0 Å². The molecule has 0 saturated carbocycles. The maximum atomic E-state index is 8.52. The highest BCUT2D eigenvalue weighted by Crippen LogP contribution is 2.22. The molecule has 3 nitrogen and oxygen atoms in total. The van der Waals surface area contributed by atoms with E-state index in [0.717, 1.165) is 31.9 Å². The fraction of sp³-hybridized carbons (Fsp3) is 0.308. The highest BCUT2D eigenvalue weighted by atomic mass is 35.5. The van der Waals surface area contributed by atoms with Crippen LogP contribution in [-0.2, 0) is 4.74 Å². The normalized spacial score (nSPS) is 16.7. The monoisotopic (exact) mass is 248 g/mol. The quantitative estimate of drug-likeness (QED) is 0.755. The number of nitriles is 1. The summed E-state index contributed by atoms with van der Waals surface area (Å²) >= 11 is 5.95. The number of morpholine rings is 1. The molecule has 4 heteroatoms. The molecule has 0 aliphatic carbocycles. The summed E-state index contributed by atoms with van der Waals surface area (Å²) in [5, 5.41) is 9.00. The highest BCUT2D eigenvalue weighted by Gasteiger charge is 2.10. The molecule has 0 spiro atoms. The van der Waals surface area contributed by atoms with Crippen LogP contribution in [-0.4, -0.2) is 26.3 Å². The molecule has 1 fully saturated rings. The van der Waals surface area contributed by atoms with Crippen LogP contribution >= 0.6 is 11.6 Å². The van der Waals surface area contributed by atoms with E-state index < -0.39 is 0 Å². The Bertz CT molecular complexity index is 441. The molecule has 2 rings (SSSR count). The van der Waals surface area contributed by atoms with Crippen molar-refractivity contribution < 1.29 is 4.74 Å². The number of rotatable bonds is 2. The Morgan fingerprint density at radius 1 is 1.29 bits per heavy atom. The molecule has 88 valence electrons. The lowest BCUT2D eigenvalue weighted by atomic mass is 10.1. The van der Waals surface area contributed by atoms with E-state index in [4.69, 9.17) is 21.6 Å². The molecule has 1 aromatic carbocycles. The van der Waals surface area contributed by atoms with Gasteiger partial charge in [0, 0.05) is 24.9 Å². The third-order valence-corrected chi connectivity index (χ3v) is 3.04. The van der Waals surface area contributed by atoms with Gasteiger partial charge in [0.1, 0.15) is 0 Å². The van der Waals surface area contributed by atoms with Crippen molar-refractivity contribution in [1.29, 1.82) is 5.26 Å². The van der Waals surface area contributed by atoms with E-state index in [-0.39, 0.29) is 0 Å². The molecule has 0 atom stereocenters. The van der Waals surface area contributed by atoms with E-state index >= 15 is 0 Å². The second-order valence-corrected chi connectivity index (χ2v) is 4.17. The van der Waals surface area contributed by atoms with Crippen LogP contribution in [0, 0.1) is 11.3 Å². The van der Waals surface area contributed by atoms with E-state index in [2.05, 4.69) is 4.90 Å². The van der Waals surface area contributed by atoms with E-state index in [1.807, 2.05) is 30.3 Å². The summed E-state index contributed by atoms with van der Waals surface area (Å²) in [6.45, 7) is 3.38. The lowest BCUT2D eigenvalue weighted by Crippen LogP contribution is -2.36. The van der Waals surface area contributed by atoms with Crippen LogP contribution in [0.5, 0.6) is 0 Å². The zero-order valence-electron chi connectivity index (χ0n) is 9.40. The zero-order valence-corrected chi connectivity index (χ0v) is 10.2. The number of nitrogens with zero attached hydrogens (tertiary/aromatic N) is 2. The molecule has 0 aromatic heterocycles. The van der Waals surface area contributed by atoms with Gasteiger partial charge in [-0.2, -0.15) is 5.26 Å². The molecule has 1 aromatic rings. The van der Waals surface area contributed by atoms with E-state index in [1.165, 1.54) is 11.8 Å². The third kappa shape index (κ3) is 3.00. The predicted octanol–water partition coefficient (Wildman–Crippen LogP) is 2.63. The maximum Gasteiger partial charge on any atom is 0.0927 e. The highest BCUT2D eigenvalue weighted by molar-refractivity contribution is 6.49. The van der Waals surface area contributed by atoms with E-state index in [9.17, 15) is 0 Å². The Kier molecular flexibility index (Phi) is 4.03. The number of ether oxygens (including phenoxy) is 1. The fourth-order valence-corrected chi connectivity index (χ4v) is 1.97. The van der Waals surface area contributed by atoms with Gasteiger partial charge in [-0.1, -0.05) is 23.7 Å². The first kappa shape index (κ1) is 12.0. The number of halogens is 1. The predicted molar refractivity (Wildman–Crippen MR) is 68.9 cm³/mol. The molecule has 0 radical (unpaired) electrons. The minimum absolute atomic E-state index is 0.473. The Hall–Kier alpha value is -1.50. The van der Waals surface area contributed by atoms with Gasteiger partial charge in [0.2, 0.25) is 0 Å². The molecule has 1 heterocycles. The average molecular weight is 249 g/mol. The second kappa shape index (κ2) is 5.72. The average Bonchev–Trinajstić information content (AvgIpc) is 2.40. The van der Waals surface area contributed by atoms with Crippen LogP contribution in [0.1, 0.15) is 5.56 Å². The van der Waals surface area contributed by atoms with Gasteiger partial charge in [-0.25, -0.2) is 0 Å². The third-order valence-electron chi connectivity index (χ3n) is 2.71. The largest absolute Gasteiger partial charge is 0.378 e. The van der Waals surface area contributed by atoms with Crippen molar-refractivity contribution in [3.05, 3.63) is 35.9 Å². The summed E-state index contributed by atoms with van der Waals surface area (Å²) < 4.78 is 5.31. The summed E-state index contributed by atoms with van der Waals surface area (Å²) in [5.74, 6) is 0. The smallest absolute Gasteiger partial charge is 0.0927 e. The van der Waals surface area contributed by atoms with Crippen molar-refractivity contribution in [1.82, 2.24) is 0 Å². The summed E-state index contributed by atoms with van der Waals surface area (Å²) in [4.78, 5) is 2.27. The lowest BCUT2D eigenvalue weighted by Gasteiger charge is -2.28. The fourth-order valence-electron chi connectivity index (χ4n) is 1.79. The van der Waals surface area contributed by atoms with Crippen molar-refractivity contribution in [3.63, 3.8) is 0 Å². The molecule has 0 bridgehead atoms. The maximum absolute atomic E-state index is 8.52. The molecule has 0 amide bonds. The molecule has 0 N–H and O–H groups in total. The minimum atomic E-state index is 0.473. The second-order valence-electron chi connectivity index (χ2n) is 3.77. The first-order chi connectivity index (χ1) is 8.31. The van der Waals surface area contributed by atoms with Crippen LogP contribution in [0.25, 0.3) is 5.03 Å². The number of hydrogen-bond acceptors (Lipinski definition) is 3. The number of benzene rings is 1. The molecule has 17 heavy (non-hydrogen) atoms. The summed E-state index contributed by atoms with van der Waals surface area (Å²) in [7, 11) is 0. The van der Waals surface area contributed by atoms with Gasteiger partial charge >= 0.3 is 0 Å². The summed E-state index contributed by atoms with van der Waals surface area (Å²) in [5.41, 5.74) is 2.03. The van der Waals surface area contributed by atoms with Crippen molar-refractivity contribution >= 4 is 22.3 Å². The van der Waals surface area contributed by atoms with Crippen LogP contribution in [0.3, 0.4) is 0 Å². The van der Waals surface area contributed by atoms with Gasteiger partial charge in [-0.15, -0.1) is 0 Å². The molecule has 0 unspecified atom stereocenters. The molecule has 1 aliphatic rings. The van der Waals surface area contributed by atoms with Crippen LogP contribution in [0.15, 0.2) is 30.3 Å². The van der Waals surface area contributed by atoms with Gasteiger partial charge in [0.05, 0.1) is 24.3 Å². The van der Waals surface area contributed by atoms with E-state index in [0.29, 0.717) is 5.03 Å². The summed E-state index contributed by atoms with van der Waals surface area (Å²) in [6.07, 6.45) is 1.34. The van der Waals surface area contributed by atoms with Gasteiger partial charge in [0.25, 0.3) is 0 Å². The minimum Gasteiger partial charge on any atom is -0.378 e. The Morgan fingerprint density at radius 3 is 2.53 bits per heavy atom. The molecule has 1 aliphatic heterocycles. The number of allylic oxidation sites excluding steroid dienone is 1.